The van der Waals surface area contributed by atoms with Crippen molar-refractivity contribution in [1.82, 2.24) is 15.1 Å². The third kappa shape index (κ3) is 7.03. The van der Waals surface area contributed by atoms with Gasteiger partial charge >= 0.3 is 0 Å². The monoisotopic (exact) mass is 514 g/mol. The van der Waals surface area contributed by atoms with Crippen LogP contribution in [0, 0.1) is 17.8 Å². The number of piperidine rings is 1. The summed E-state index contributed by atoms with van der Waals surface area (Å²) in [5, 5.41) is 16.3. The average molecular weight is 515 g/mol. The summed E-state index contributed by atoms with van der Waals surface area (Å²) in [6.07, 6.45) is 8.00. The number of rotatable bonds is 8. The average Bonchev–Trinajstić information content (AvgIpc) is 2.91. The highest BCUT2D eigenvalue weighted by molar-refractivity contribution is 6.02. The van der Waals surface area contributed by atoms with Gasteiger partial charge in [-0.05, 0) is 70.8 Å². The molecule has 1 aromatic rings. The maximum Gasteiger partial charge on any atom is 0.258 e. The quantitative estimate of drug-likeness (QED) is 0.493. The Morgan fingerprint density at radius 1 is 1.19 bits per heavy atom. The van der Waals surface area contributed by atoms with Crippen molar-refractivity contribution in [1.29, 1.82) is 0 Å². The van der Waals surface area contributed by atoms with Crippen LogP contribution in [0.2, 0.25) is 0 Å². The molecule has 2 fully saturated rings. The third-order valence-electron chi connectivity index (χ3n) is 8.45. The van der Waals surface area contributed by atoms with Crippen molar-refractivity contribution in [2.75, 3.05) is 51.7 Å². The van der Waals surface area contributed by atoms with E-state index in [1.54, 1.807) is 17.0 Å². The Morgan fingerprint density at radius 3 is 2.62 bits per heavy atom. The Balaban J connectivity index is 1.60. The number of para-hydroxylation sites is 1. The van der Waals surface area contributed by atoms with Crippen LogP contribution in [-0.2, 0) is 4.79 Å². The van der Waals surface area contributed by atoms with E-state index in [0.29, 0.717) is 23.5 Å². The van der Waals surface area contributed by atoms with Crippen LogP contribution in [0.1, 0.15) is 69.2 Å². The number of carbonyl (C=O) groups excluding carboxylic acids is 2. The lowest BCUT2D eigenvalue weighted by Gasteiger charge is -2.39. The molecule has 0 bridgehead atoms. The van der Waals surface area contributed by atoms with Crippen molar-refractivity contribution in [3.8, 4) is 5.75 Å². The first-order chi connectivity index (χ1) is 17.9. The molecule has 2 aliphatic heterocycles. The number of carbonyl (C=O) groups is 2. The highest BCUT2D eigenvalue weighted by atomic mass is 16.5. The van der Waals surface area contributed by atoms with E-state index in [1.807, 2.05) is 13.0 Å². The Morgan fingerprint density at radius 2 is 1.92 bits per heavy atom. The van der Waals surface area contributed by atoms with Crippen molar-refractivity contribution in [2.45, 2.75) is 70.9 Å². The van der Waals surface area contributed by atoms with Gasteiger partial charge in [-0.2, -0.15) is 0 Å². The van der Waals surface area contributed by atoms with Crippen molar-refractivity contribution in [3.05, 3.63) is 23.8 Å². The predicted molar refractivity (Wildman–Crippen MR) is 146 cm³/mol. The molecular weight excluding hydrogens is 468 g/mol. The van der Waals surface area contributed by atoms with Crippen LogP contribution in [0.25, 0.3) is 0 Å². The van der Waals surface area contributed by atoms with Gasteiger partial charge in [0.15, 0.2) is 5.75 Å². The lowest BCUT2D eigenvalue weighted by molar-refractivity contribution is -0.120. The molecule has 1 saturated heterocycles. The zero-order chi connectivity index (χ0) is 26.4. The maximum atomic E-state index is 13.7. The Labute approximate surface area is 222 Å². The Kier molecular flexibility index (Phi) is 9.84. The molecule has 0 aromatic heterocycles. The second-order valence-electron chi connectivity index (χ2n) is 11.5. The number of amides is 2. The minimum absolute atomic E-state index is 0.0207. The maximum absolute atomic E-state index is 13.7. The predicted octanol–water partition coefficient (Wildman–Crippen LogP) is 3.36. The van der Waals surface area contributed by atoms with Gasteiger partial charge in [-0.1, -0.05) is 32.3 Å². The van der Waals surface area contributed by atoms with E-state index < -0.39 is 0 Å². The first-order valence-electron chi connectivity index (χ1n) is 14.3. The molecule has 2 amide bonds. The molecule has 0 unspecified atom stereocenters. The minimum Gasteiger partial charge on any atom is -0.486 e. The molecule has 1 aliphatic carbocycles. The molecule has 8 heteroatoms. The van der Waals surface area contributed by atoms with Crippen LogP contribution >= 0.6 is 0 Å². The van der Waals surface area contributed by atoms with Gasteiger partial charge in [0.25, 0.3) is 5.91 Å². The molecule has 1 saturated carbocycles. The Bertz CT molecular complexity index is 913. The number of hydrogen-bond donors (Lipinski definition) is 3. The molecule has 0 spiro atoms. The number of aliphatic hydroxyl groups is 1. The second kappa shape index (κ2) is 13.1. The van der Waals surface area contributed by atoms with Gasteiger partial charge in [-0.15, -0.1) is 0 Å². The van der Waals surface area contributed by atoms with Crippen molar-refractivity contribution >= 4 is 17.5 Å². The summed E-state index contributed by atoms with van der Waals surface area (Å²) < 4.78 is 6.68. The molecule has 206 valence electrons. The van der Waals surface area contributed by atoms with E-state index in [2.05, 4.69) is 29.5 Å². The minimum atomic E-state index is -0.311. The van der Waals surface area contributed by atoms with Gasteiger partial charge in [0.2, 0.25) is 5.91 Å². The molecular formula is C29H46N4O4. The fourth-order valence-corrected chi connectivity index (χ4v) is 6.07. The number of aliphatic hydroxyl groups excluding tert-OH is 1. The van der Waals surface area contributed by atoms with Gasteiger partial charge < -0.3 is 30.3 Å². The van der Waals surface area contributed by atoms with Crippen LogP contribution < -0.4 is 15.4 Å². The summed E-state index contributed by atoms with van der Waals surface area (Å²) in [6, 6.07) is 5.09. The van der Waals surface area contributed by atoms with Crippen molar-refractivity contribution in [2.24, 2.45) is 17.8 Å². The largest absolute Gasteiger partial charge is 0.486 e. The molecule has 3 aliphatic rings. The number of hydrogen-bond acceptors (Lipinski definition) is 6. The van der Waals surface area contributed by atoms with Crippen LogP contribution in [0.5, 0.6) is 5.75 Å². The first-order valence-corrected chi connectivity index (χ1v) is 14.3. The fraction of sp³-hybridized carbons (Fsp3) is 0.724. The van der Waals surface area contributed by atoms with E-state index in [1.165, 1.54) is 32.1 Å². The van der Waals surface area contributed by atoms with Crippen molar-refractivity contribution < 1.29 is 19.4 Å². The normalized spacial score (nSPS) is 24.7. The van der Waals surface area contributed by atoms with Gasteiger partial charge in [0.1, 0.15) is 6.10 Å². The highest BCUT2D eigenvalue weighted by Gasteiger charge is 2.35. The van der Waals surface area contributed by atoms with Crippen LogP contribution in [0.4, 0.5) is 5.69 Å². The summed E-state index contributed by atoms with van der Waals surface area (Å²) in [7, 11) is 2.16. The first kappa shape index (κ1) is 27.9. The summed E-state index contributed by atoms with van der Waals surface area (Å²) in [5.74, 6) is 0.981. The van der Waals surface area contributed by atoms with E-state index in [0.717, 1.165) is 44.9 Å². The topological polar surface area (TPSA) is 94.1 Å². The molecule has 3 atom stereocenters. The number of nitrogens with zero attached hydrogens (tertiary/aromatic N) is 2. The zero-order valence-electron chi connectivity index (χ0n) is 22.9. The third-order valence-corrected chi connectivity index (χ3v) is 8.45. The molecule has 4 rings (SSSR count). The standard InChI is InChI=1S/C29H46N4O4/c1-20-16-33(21(2)19-34)29(36)24-10-7-11-25(31-28(35)23-12-14-30-15-13-23)27(24)37-26(20)18-32(3)17-22-8-5-4-6-9-22/h7,10-11,20-23,26,30,34H,4-6,8-9,12-19H2,1-3H3,(H,31,35)/t20-,21+,26+/m1/s1. The second-order valence-corrected chi connectivity index (χ2v) is 11.5. The fourth-order valence-electron chi connectivity index (χ4n) is 6.07. The zero-order valence-corrected chi connectivity index (χ0v) is 22.9. The van der Waals surface area contributed by atoms with Gasteiger partial charge in [0.05, 0.1) is 23.9 Å². The number of fused-ring (bicyclic) bond motifs is 1. The molecule has 37 heavy (non-hydrogen) atoms. The van der Waals surface area contributed by atoms with Crippen LogP contribution in [0.15, 0.2) is 18.2 Å². The van der Waals surface area contributed by atoms with E-state index in [4.69, 9.17) is 4.74 Å². The molecule has 1 aromatic carbocycles. The summed E-state index contributed by atoms with van der Waals surface area (Å²) in [6.45, 7) is 7.85. The van der Waals surface area contributed by atoms with E-state index in [9.17, 15) is 14.7 Å². The summed E-state index contributed by atoms with van der Waals surface area (Å²) in [5.41, 5.74) is 0.996. The number of benzene rings is 1. The number of anilines is 1. The molecule has 2 heterocycles. The van der Waals surface area contributed by atoms with Gasteiger partial charge in [-0.3, -0.25) is 9.59 Å². The SMILES string of the molecule is C[C@@H]1CN([C@@H](C)CO)C(=O)c2cccc(NC(=O)C3CCNCC3)c2O[C@H]1CN(C)CC1CCCCC1. The number of nitrogens with one attached hydrogen (secondary N) is 2. The van der Waals surface area contributed by atoms with Gasteiger partial charge in [-0.25, -0.2) is 0 Å². The highest BCUT2D eigenvalue weighted by Crippen LogP contribution is 2.35. The summed E-state index contributed by atoms with van der Waals surface area (Å²) in [4.78, 5) is 30.9. The van der Waals surface area contributed by atoms with Crippen LogP contribution in [0.3, 0.4) is 0 Å². The van der Waals surface area contributed by atoms with E-state index in [-0.39, 0.29) is 42.4 Å². The molecule has 0 radical (unpaired) electrons. The number of ether oxygens (including phenoxy) is 1. The van der Waals surface area contributed by atoms with Crippen LogP contribution in [-0.4, -0.2) is 85.2 Å². The molecule has 8 nitrogen and oxygen atoms in total. The van der Waals surface area contributed by atoms with E-state index >= 15 is 0 Å². The number of likely N-dealkylation sites (N-methyl/N-ethyl adjacent to an activating group) is 1. The lowest BCUT2D eigenvalue weighted by Crippen LogP contribution is -2.50. The Hall–Kier alpha value is -2.16. The molecule has 3 N–H and O–H groups in total. The van der Waals surface area contributed by atoms with Crippen molar-refractivity contribution in [3.63, 3.8) is 0 Å². The van der Waals surface area contributed by atoms with Gasteiger partial charge in [0, 0.05) is 31.5 Å². The summed E-state index contributed by atoms with van der Waals surface area (Å²) >= 11 is 0. The lowest BCUT2D eigenvalue weighted by atomic mass is 9.89. The smallest absolute Gasteiger partial charge is 0.258 e.